The van der Waals surface area contributed by atoms with Gasteiger partial charge in [-0.05, 0) is 49.5 Å². The van der Waals surface area contributed by atoms with E-state index in [0.717, 1.165) is 42.7 Å². The Balaban J connectivity index is 0.00000300. The van der Waals surface area contributed by atoms with E-state index in [9.17, 15) is 4.79 Å². The largest absolute Gasteiger partial charge is 0.356 e. The average Bonchev–Trinajstić information content (AvgIpc) is 2.72. The topological polar surface area (TPSA) is 51.2 Å². The van der Waals surface area contributed by atoms with Gasteiger partial charge in [0.2, 0.25) is 5.91 Å². The van der Waals surface area contributed by atoms with Crippen LogP contribution >= 0.6 is 35.6 Å². The quantitative estimate of drug-likeness (QED) is 0.359. The van der Waals surface area contributed by atoms with Gasteiger partial charge >= 0.3 is 0 Å². The molecule has 2 aliphatic rings. The fraction of sp³-hybridized carbons (Fsp3) is 0.619. The first-order valence-corrected chi connectivity index (χ1v) is 10.7. The molecule has 2 aliphatic heterocycles. The van der Waals surface area contributed by atoms with Crippen molar-refractivity contribution in [2.45, 2.75) is 26.3 Å². The molecule has 1 aromatic rings. The zero-order valence-electron chi connectivity index (χ0n) is 17.4. The molecule has 162 valence electrons. The number of benzene rings is 1. The number of piperazine rings is 1. The van der Waals surface area contributed by atoms with E-state index in [4.69, 9.17) is 11.6 Å². The van der Waals surface area contributed by atoms with Gasteiger partial charge < -0.3 is 20.0 Å². The van der Waals surface area contributed by atoms with Crippen molar-refractivity contribution in [2.24, 2.45) is 10.9 Å². The van der Waals surface area contributed by atoms with Crippen LogP contribution < -0.4 is 5.32 Å². The van der Waals surface area contributed by atoms with Crippen LogP contribution in [-0.2, 0) is 11.3 Å². The molecular weight excluding hydrogens is 501 g/mol. The van der Waals surface area contributed by atoms with Crippen LogP contribution in [-0.4, -0.2) is 79.4 Å². The summed E-state index contributed by atoms with van der Waals surface area (Å²) in [4.78, 5) is 23.6. The van der Waals surface area contributed by atoms with Crippen LogP contribution in [0.15, 0.2) is 29.3 Å². The summed E-state index contributed by atoms with van der Waals surface area (Å²) < 4.78 is 0. The predicted molar refractivity (Wildman–Crippen MR) is 130 cm³/mol. The van der Waals surface area contributed by atoms with E-state index in [1.807, 2.05) is 29.2 Å². The van der Waals surface area contributed by atoms with E-state index < -0.39 is 0 Å². The molecule has 6 nitrogen and oxygen atoms in total. The normalized spacial score (nSPS) is 21.1. The molecule has 3 rings (SSSR count). The van der Waals surface area contributed by atoms with E-state index in [2.05, 4.69) is 27.0 Å². The third-order valence-electron chi connectivity index (χ3n) is 5.72. The maximum atomic E-state index is 12.7. The zero-order chi connectivity index (χ0) is 19.9. The standard InChI is InChI=1S/C21H32ClN5O.HI/c1-3-25-10-4-5-18(14-25)13-24-21(23-2)27-12-11-26(20(28)16-27)15-17-6-8-19(22)9-7-17;/h6-9,18H,3-5,10-16H2,1-2H3,(H,23,24);1H. The minimum absolute atomic E-state index is 0. The molecule has 0 saturated carbocycles. The van der Waals surface area contributed by atoms with Crippen LogP contribution in [0.1, 0.15) is 25.3 Å². The van der Waals surface area contributed by atoms with Gasteiger partial charge in [0.1, 0.15) is 0 Å². The summed E-state index contributed by atoms with van der Waals surface area (Å²) in [7, 11) is 1.80. The third-order valence-corrected chi connectivity index (χ3v) is 5.97. The fourth-order valence-electron chi connectivity index (χ4n) is 4.04. The Labute approximate surface area is 196 Å². The molecule has 0 radical (unpaired) electrons. The Bertz CT molecular complexity index is 684. The highest BCUT2D eigenvalue weighted by atomic mass is 127. The highest BCUT2D eigenvalue weighted by Gasteiger charge is 2.27. The molecule has 0 aliphatic carbocycles. The van der Waals surface area contributed by atoms with Gasteiger partial charge in [0.25, 0.3) is 0 Å². The summed E-state index contributed by atoms with van der Waals surface area (Å²) in [6.45, 7) is 9.13. The molecule has 1 N–H and O–H groups in total. The molecule has 1 amide bonds. The first-order chi connectivity index (χ1) is 13.6. The molecular formula is C21H33ClIN5O. The van der Waals surface area contributed by atoms with Gasteiger partial charge in [-0.15, -0.1) is 24.0 Å². The van der Waals surface area contributed by atoms with Crippen molar-refractivity contribution in [3.05, 3.63) is 34.9 Å². The lowest BCUT2D eigenvalue weighted by molar-refractivity contribution is -0.135. The lowest BCUT2D eigenvalue weighted by Crippen LogP contribution is -2.55. The Morgan fingerprint density at radius 3 is 2.66 bits per heavy atom. The van der Waals surface area contributed by atoms with Crippen LogP contribution in [0.5, 0.6) is 0 Å². The number of guanidine groups is 1. The maximum absolute atomic E-state index is 12.7. The Kier molecular flexibility index (Phi) is 9.98. The number of nitrogens with zero attached hydrogens (tertiary/aromatic N) is 4. The lowest BCUT2D eigenvalue weighted by Gasteiger charge is -2.37. The van der Waals surface area contributed by atoms with Crippen molar-refractivity contribution in [3.63, 3.8) is 0 Å². The van der Waals surface area contributed by atoms with E-state index in [0.29, 0.717) is 25.6 Å². The van der Waals surface area contributed by atoms with Crippen molar-refractivity contribution >= 4 is 47.4 Å². The fourth-order valence-corrected chi connectivity index (χ4v) is 4.17. The van der Waals surface area contributed by atoms with E-state index in [1.165, 1.54) is 19.4 Å². The first kappa shape index (κ1) is 24.2. The van der Waals surface area contributed by atoms with E-state index in [1.54, 1.807) is 7.05 Å². The molecule has 0 aromatic heterocycles. The van der Waals surface area contributed by atoms with Crippen LogP contribution in [0.25, 0.3) is 0 Å². The number of likely N-dealkylation sites (tertiary alicyclic amines) is 1. The molecule has 8 heteroatoms. The minimum Gasteiger partial charge on any atom is -0.356 e. The molecule has 1 aromatic carbocycles. The molecule has 2 saturated heterocycles. The molecule has 0 spiro atoms. The lowest BCUT2D eigenvalue weighted by atomic mass is 9.98. The maximum Gasteiger partial charge on any atom is 0.242 e. The Morgan fingerprint density at radius 1 is 1.24 bits per heavy atom. The van der Waals surface area contributed by atoms with Crippen molar-refractivity contribution < 1.29 is 4.79 Å². The number of carbonyl (C=O) groups excluding carboxylic acids is 1. The number of aliphatic imine (C=N–C) groups is 1. The summed E-state index contributed by atoms with van der Waals surface area (Å²) in [5.74, 6) is 1.62. The first-order valence-electron chi connectivity index (χ1n) is 10.3. The number of carbonyl (C=O) groups is 1. The smallest absolute Gasteiger partial charge is 0.242 e. The summed E-state index contributed by atoms with van der Waals surface area (Å²) in [5.41, 5.74) is 1.10. The van der Waals surface area contributed by atoms with Crippen LogP contribution in [0.4, 0.5) is 0 Å². The zero-order valence-corrected chi connectivity index (χ0v) is 20.5. The number of nitrogens with one attached hydrogen (secondary N) is 1. The van der Waals surface area contributed by atoms with Crippen molar-refractivity contribution in [2.75, 3.05) is 52.9 Å². The number of hydrogen-bond acceptors (Lipinski definition) is 3. The summed E-state index contributed by atoms with van der Waals surface area (Å²) >= 11 is 5.95. The predicted octanol–water partition coefficient (Wildman–Crippen LogP) is 2.91. The monoisotopic (exact) mass is 533 g/mol. The average molecular weight is 534 g/mol. The molecule has 1 unspecified atom stereocenters. The number of rotatable bonds is 5. The van der Waals surface area contributed by atoms with Gasteiger partial charge in [-0.2, -0.15) is 0 Å². The van der Waals surface area contributed by atoms with Crippen molar-refractivity contribution in [3.8, 4) is 0 Å². The van der Waals surface area contributed by atoms with Crippen LogP contribution in [0.3, 0.4) is 0 Å². The second-order valence-corrected chi connectivity index (χ2v) is 8.13. The molecule has 0 bridgehead atoms. The Morgan fingerprint density at radius 2 is 2.00 bits per heavy atom. The van der Waals surface area contributed by atoms with Gasteiger partial charge in [0.15, 0.2) is 5.96 Å². The van der Waals surface area contributed by atoms with Gasteiger partial charge in [0.05, 0.1) is 6.54 Å². The summed E-state index contributed by atoms with van der Waals surface area (Å²) in [6, 6.07) is 7.70. The second kappa shape index (κ2) is 12.0. The Hall–Kier alpha value is -1.06. The molecule has 2 heterocycles. The van der Waals surface area contributed by atoms with Gasteiger partial charge in [-0.3, -0.25) is 9.79 Å². The number of piperidine rings is 1. The van der Waals surface area contributed by atoms with Crippen molar-refractivity contribution in [1.29, 1.82) is 0 Å². The summed E-state index contributed by atoms with van der Waals surface area (Å²) in [6.07, 6.45) is 2.52. The highest BCUT2D eigenvalue weighted by molar-refractivity contribution is 14.0. The molecule has 29 heavy (non-hydrogen) atoms. The third kappa shape index (κ3) is 7.00. The van der Waals surface area contributed by atoms with Crippen molar-refractivity contribution in [1.82, 2.24) is 20.0 Å². The summed E-state index contributed by atoms with van der Waals surface area (Å²) in [5, 5.41) is 4.23. The molecule has 2 fully saturated rings. The van der Waals surface area contributed by atoms with Gasteiger partial charge in [-0.25, -0.2) is 0 Å². The van der Waals surface area contributed by atoms with Crippen LogP contribution in [0, 0.1) is 5.92 Å². The number of halogens is 2. The van der Waals surface area contributed by atoms with Gasteiger partial charge in [-0.1, -0.05) is 30.7 Å². The minimum atomic E-state index is 0. The van der Waals surface area contributed by atoms with E-state index in [-0.39, 0.29) is 29.9 Å². The number of hydrogen-bond donors (Lipinski definition) is 1. The number of amides is 1. The van der Waals surface area contributed by atoms with Gasteiger partial charge in [0, 0.05) is 44.8 Å². The van der Waals surface area contributed by atoms with E-state index >= 15 is 0 Å². The van der Waals surface area contributed by atoms with Crippen LogP contribution in [0.2, 0.25) is 5.02 Å². The second-order valence-electron chi connectivity index (χ2n) is 7.69. The SMILES string of the molecule is CCN1CCCC(CNC(=NC)N2CCN(Cc3ccc(Cl)cc3)C(=O)C2)C1.I. The molecule has 1 atom stereocenters. The highest BCUT2D eigenvalue weighted by Crippen LogP contribution is 2.16.